The highest BCUT2D eigenvalue weighted by molar-refractivity contribution is 7.88. The summed E-state index contributed by atoms with van der Waals surface area (Å²) in [7, 11) is -3.34. The van der Waals surface area contributed by atoms with Crippen molar-refractivity contribution in [1.82, 2.24) is 4.72 Å². The van der Waals surface area contributed by atoms with Gasteiger partial charge in [0.15, 0.2) is 0 Å². The molecule has 0 aliphatic carbocycles. The second-order valence-corrected chi connectivity index (χ2v) is 6.64. The number of rotatable bonds is 6. The number of aliphatic hydroxyl groups is 1. The zero-order valence-corrected chi connectivity index (χ0v) is 11.9. The first-order chi connectivity index (χ1) is 8.34. The summed E-state index contributed by atoms with van der Waals surface area (Å²) in [5.41, 5.74) is 1.41. The van der Waals surface area contributed by atoms with Gasteiger partial charge in [0.1, 0.15) is 0 Å². The molecule has 0 saturated heterocycles. The van der Waals surface area contributed by atoms with Gasteiger partial charge in [0.2, 0.25) is 10.0 Å². The summed E-state index contributed by atoms with van der Waals surface area (Å²) >= 11 is 0. The van der Waals surface area contributed by atoms with Gasteiger partial charge in [-0.05, 0) is 24.0 Å². The van der Waals surface area contributed by atoms with Crippen LogP contribution in [0, 0.1) is 5.92 Å². The molecule has 2 N–H and O–H groups in total. The van der Waals surface area contributed by atoms with Crippen LogP contribution in [-0.2, 0) is 22.4 Å². The molecule has 0 radical (unpaired) electrons. The summed E-state index contributed by atoms with van der Waals surface area (Å²) in [4.78, 5) is 0. The molecular weight excluding hydrogens is 250 g/mol. The van der Waals surface area contributed by atoms with Crippen molar-refractivity contribution in [3.05, 3.63) is 35.4 Å². The van der Waals surface area contributed by atoms with Gasteiger partial charge in [-0.15, -0.1) is 0 Å². The molecule has 0 aliphatic heterocycles. The lowest BCUT2D eigenvalue weighted by atomic mass is 10.1. The molecule has 0 fully saturated rings. The Morgan fingerprint density at radius 1 is 1.22 bits per heavy atom. The van der Waals surface area contributed by atoms with E-state index >= 15 is 0 Å². The molecule has 1 rings (SSSR count). The number of hydrogen-bond donors (Lipinski definition) is 2. The van der Waals surface area contributed by atoms with Gasteiger partial charge in [0, 0.05) is 6.04 Å². The zero-order chi connectivity index (χ0) is 13.8. The van der Waals surface area contributed by atoms with E-state index in [2.05, 4.69) is 4.72 Å². The molecule has 0 spiro atoms. The molecule has 0 aromatic heterocycles. The monoisotopic (exact) mass is 271 g/mol. The summed E-state index contributed by atoms with van der Waals surface area (Å²) in [6.07, 6.45) is 0. The van der Waals surface area contributed by atoms with Crippen molar-refractivity contribution in [3.63, 3.8) is 0 Å². The van der Waals surface area contributed by atoms with Crippen molar-refractivity contribution in [2.45, 2.75) is 39.2 Å². The third-order valence-corrected chi connectivity index (χ3v) is 4.34. The Bertz CT molecular complexity index is 483. The van der Waals surface area contributed by atoms with E-state index in [0.29, 0.717) is 5.56 Å². The van der Waals surface area contributed by atoms with Crippen molar-refractivity contribution in [3.8, 4) is 0 Å². The fraction of sp³-hybridized carbons (Fsp3) is 0.538. The van der Waals surface area contributed by atoms with Crippen LogP contribution >= 0.6 is 0 Å². The Balaban J connectivity index is 2.76. The van der Waals surface area contributed by atoms with Gasteiger partial charge in [-0.1, -0.05) is 38.1 Å². The van der Waals surface area contributed by atoms with Crippen molar-refractivity contribution < 1.29 is 13.5 Å². The topological polar surface area (TPSA) is 66.4 Å². The van der Waals surface area contributed by atoms with Crippen LogP contribution < -0.4 is 4.72 Å². The maximum atomic E-state index is 11.9. The highest BCUT2D eigenvalue weighted by atomic mass is 32.2. The summed E-state index contributed by atoms with van der Waals surface area (Å²) in [6, 6.07) is 6.89. The lowest BCUT2D eigenvalue weighted by Crippen LogP contribution is -2.36. The fourth-order valence-electron chi connectivity index (χ4n) is 1.50. The van der Waals surface area contributed by atoms with Crippen LogP contribution in [0.15, 0.2) is 24.3 Å². The van der Waals surface area contributed by atoms with Gasteiger partial charge in [-0.25, -0.2) is 13.1 Å². The van der Waals surface area contributed by atoms with Crippen LogP contribution in [-0.4, -0.2) is 19.6 Å². The summed E-state index contributed by atoms with van der Waals surface area (Å²) in [6.45, 7) is 5.72. The van der Waals surface area contributed by atoms with Gasteiger partial charge >= 0.3 is 0 Å². The number of benzene rings is 1. The van der Waals surface area contributed by atoms with Crippen LogP contribution in [0.2, 0.25) is 0 Å². The van der Waals surface area contributed by atoms with E-state index in [4.69, 9.17) is 5.11 Å². The Labute approximate surface area is 109 Å². The first kappa shape index (κ1) is 15.1. The summed E-state index contributed by atoms with van der Waals surface area (Å²) in [5, 5.41) is 9.01. The van der Waals surface area contributed by atoms with E-state index in [1.54, 1.807) is 24.3 Å². The van der Waals surface area contributed by atoms with Crippen LogP contribution in [0.1, 0.15) is 31.9 Å². The third kappa shape index (κ3) is 4.76. The fourth-order valence-corrected chi connectivity index (χ4v) is 3.04. The average molecular weight is 271 g/mol. The lowest BCUT2D eigenvalue weighted by Gasteiger charge is -2.17. The molecular formula is C13H21NO3S. The first-order valence-corrected chi connectivity index (χ1v) is 7.68. The van der Waals surface area contributed by atoms with Gasteiger partial charge < -0.3 is 5.11 Å². The molecule has 1 aromatic carbocycles. The quantitative estimate of drug-likeness (QED) is 0.826. The predicted molar refractivity (Wildman–Crippen MR) is 72.4 cm³/mol. The van der Waals surface area contributed by atoms with E-state index in [1.165, 1.54) is 0 Å². The standard InChI is InChI=1S/C13H21NO3S/c1-10(2)11(3)14-18(16,17)9-13-6-4-5-12(7-13)8-15/h4-7,10-11,14-15H,8-9H2,1-3H3. The van der Waals surface area contributed by atoms with E-state index < -0.39 is 10.0 Å². The molecule has 18 heavy (non-hydrogen) atoms. The smallest absolute Gasteiger partial charge is 0.216 e. The van der Waals surface area contributed by atoms with Crippen LogP contribution in [0.5, 0.6) is 0 Å². The van der Waals surface area contributed by atoms with Crippen molar-refractivity contribution in [2.24, 2.45) is 5.92 Å². The molecule has 0 bridgehead atoms. The number of nitrogens with one attached hydrogen (secondary N) is 1. The van der Waals surface area contributed by atoms with Crippen molar-refractivity contribution in [2.75, 3.05) is 0 Å². The normalized spacial score (nSPS) is 13.8. The maximum Gasteiger partial charge on any atom is 0.216 e. The van der Waals surface area contributed by atoms with E-state index in [0.717, 1.165) is 5.56 Å². The highest BCUT2D eigenvalue weighted by Gasteiger charge is 2.17. The van der Waals surface area contributed by atoms with Crippen LogP contribution in [0.25, 0.3) is 0 Å². The molecule has 1 unspecified atom stereocenters. The SMILES string of the molecule is CC(C)C(C)NS(=O)(=O)Cc1cccc(CO)c1. The molecule has 0 amide bonds. The van der Waals surface area contributed by atoms with Crippen LogP contribution in [0.3, 0.4) is 0 Å². The molecule has 0 saturated carbocycles. The zero-order valence-electron chi connectivity index (χ0n) is 11.1. The molecule has 5 heteroatoms. The largest absolute Gasteiger partial charge is 0.392 e. The molecule has 1 atom stereocenters. The predicted octanol–water partition coefficient (Wildman–Crippen LogP) is 1.64. The molecule has 0 aliphatic rings. The van der Waals surface area contributed by atoms with Crippen LogP contribution in [0.4, 0.5) is 0 Å². The van der Waals surface area contributed by atoms with Gasteiger partial charge in [0.05, 0.1) is 12.4 Å². The Hall–Kier alpha value is -0.910. The van der Waals surface area contributed by atoms with E-state index in [1.807, 2.05) is 20.8 Å². The summed E-state index contributed by atoms with van der Waals surface area (Å²) < 4.78 is 26.5. The minimum Gasteiger partial charge on any atom is -0.392 e. The first-order valence-electron chi connectivity index (χ1n) is 6.02. The number of aliphatic hydroxyl groups excluding tert-OH is 1. The average Bonchev–Trinajstić information content (AvgIpc) is 2.27. The van der Waals surface area contributed by atoms with Gasteiger partial charge in [-0.2, -0.15) is 0 Å². The van der Waals surface area contributed by atoms with E-state index in [-0.39, 0.29) is 24.3 Å². The maximum absolute atomic E-state index is 11.9. The minimum atomic E-state index is -3.34. The Morgan fingerprint density at radius 3 is 2.39 bits per heavy atom. The molecule has 0 heterocycles. The van der Waals surface area contributed by atoms with Crippen molar-refractivity contribution >= 4 is 10.0 Å². The second kappa shape index (κ2) is 6.31. The minimum absolute atomic E-state index is 0.0576. The van der Waals surface area contributed by atoms with Gasteiger partial charge in [0.25, 0.3) is 0 Å². The third-order valence-electron chi connectivity index (χ3n) is 2.90. The summed E-state index contributed by atoms with van der Waals surface area (Å²) in [5.74, 6) is 0.196. The number of hydrogen-bond acceptors (Lipinski definition) is 3. The second-order valence-electron chi connectivity index (χ2n) is 4.89. The molecule has 1 aromatic rings. The lowest BCUT2D eigenvalue weighted by molar-refractivity contribution is 0.282. The van der Waals surface area contributed by atoms with E-state index in [9.17, 15) is 8.42 Å². The molecule has 102 valence electrons. The highest BCUT2D eigenvalue weighted by Crippen LogP contribution is 2.10. The Kier molecular flexibility index (Phi) is 5.31. The number of sulfonamides is 1. The Morgan fingerprint density at radius 2 is 1.83 bits per heavy atom. The molecule has 4 nitrogen and oxygen atoms in total. The van der Waals surface area contributed by atoms with Crippen molar-refractivity contribution in [1.29, 1.82) is 0 Å². The van der Waals surface area contributed by atoms with Gasteiger partial charge in [-0.3, -0.25) is 0 Å².